The molecule has 0 bridgehead atoms. The molecule has 0 radical (unpaired) electrons. The van der Waals surface area contributed by atoms with Crippen molar-refractivity contribution >= 4 is 77.4 Å². The van der Waals surface area contributed by atoms with E-state index >= 15 is 0 Å². The predicted molar refractivity (Wildman–Crippen MR) is 120 cm³/mol. The molecular weight excluding hydrogens is 512 g/mol. The van der Waals surface area contributed by atoms with Gasteiger partial charge in [0.15, 0.2) is 4.34 Å². The number of nitrogens with zero attached hydrogens (tertiary/aromatic N) is 2. The Morgan fingerprint density at radius 3 is 2.74 bits per heavy atom. The molecule has 3 rings (SSSR count). The molecule has 0 aliphatic carbocycles. The number of benzene rings is 2. The third kappa shape index (κ3) is 5.54. The number of hydrogen-bond donors (Lipinski definition) is 2. The van der Waals surface area contributed by atoms with Gasteiger partial charge in [0.2, 0.25) is 11.0 Å². The van der Waals surface area contributed by atoms with Crippen LogP contribution in [0.2, 0.25) is 0 Å². The van der Waals surface area contributed by atoms with E-state index in [2.05, 4.69) is 72.6 Å². The van der Waals surface area contributed by atoms with Gasteiger partial charge in [0.1, 0.15) is 0 Å². The van der Waals surface area contributed by atoms with Crippen LogP contribution in [0, 0.1) is 13.8 Å². The topological polar surface area (TPSA) is 66.9 Å². The Morgan fingerprint density at radius 1 is 1.15 bits per heavy atom. The van der Waals surface area contributed by atoms with Crippen LogP contribution in [0.4, 0.5) is 16.5 Å². The summed E-state index contributed by atoms with van der Waals surface area (Å²) in [4.78, 5) is 12.2. The first kappa shape index (κ1) is 20.3. The zero-order chi connectivity index (χ0) is 19.4. The summed E-state index contributed by atoms with van der Waals surface area (Å²) in [6.07, 6.45) is 0. The third-order valence-electron chi connectivity index (χ3n) is 3.78. The summed E-state index contributed by atoms with van der Waals surface area (Å²) in [5.74, 6) is 0.169. The highest BCUT2D eigenvalue weighted by Crippen LogP contribution is 2.30. The van der Waals surface area contributed by atoms with Crippen LogP contribution < -0.4 is 10.6 Å². The number of carbonyl (C=O) groups excluding carboxylic acids is 1. The maximum absolute atomic E-state index is 12.2. The van der Waals surface area contributed by atoms with Crippen molar-refractivity contribution in [2.45, 2.75) is 18.2 Å². The van der Waals surface area contributed by atoms with Crippen LogP contribution in [-0.2, 0) is 4.79 Å². The van der Waals surface area contributed by atoms with E-state index in [1.165, 1.54) is 34.2 Å². The summed E-state index contributed by atoms with van der Waals surface area (Å²) in [6, 6.07) is 11.7. The first-order chi connectivity index (χ1) is 12.9. The van der Waals surface area contributed by atoms with Crippen molar-refractivity contribution in [1.82, 2.24) is 10.2 Å². The lowest BCUT2D eigenvalue weighted by molar-refractivity contribution is -0.113. The molecule has 0 saturated carbocycles. The highest BCUT2D eigenvalue weighted by molar-refractivity contribution is 9.11. The summed E-state index contributed by atoms with van der Waals surface area (Å²) in [5, 5.41) is 15.2. The van der Waals surface area contributed by atoms with Crippen molar-refractivity contribution in [3.05, 3.63) is 56.5 Å². The fraction of sp³-hybridized carbons (Fsp3) is 0.167. The van der Waals surface area contributed by atoms with Crippen LogP contribution in [0.5, 0.6) is 0 Å². The number of nitrogens with one attached hydrogen (secondary N) is 2. The number of hydrogen-bond acceptors (Lipinski definition) is 6. The molecule has 0 aliphatic heterocycles. The molecular formula is C18H16Br2N4OS2. The van der Waals surface area contributed by atoms with Crippen LogP contribution in [0.25, 0.3) is 0 Å². The number of amides is 1. The second-order valence-corrected chi connectivity index (χ2v) is 9.68. The highest BCUT2D eigenvalue weighted by Gasteiger charge is 2.11. The van der Waals surface area contributed by atoms with Gasteiger partial charge in [-0.15, -0.1) is 10.2 Å². The van der Waals surface area contributed by atoms with Crippen molar-refractivity contribution in [3.63, 3.8) is 0 Å². The fourth-order valence-corrected chi connectivity index (χ4v) is 4.94. The molecule has 9 heteroatoms. The number of halogens is 2. The van der Waals surface area contributed by atoms with E-state index in [4.69, 9.17) is 0 Å². The van der Waals surface area contributed by atoms with Crippen LogP contribution in [0.3, 0.4) is 0 Å². The van der Waals surface area contributed by atoms with E-state index in [0.717, 1.165) is 24.7 Å². The smallest absolute Gasteiger partial charge is 0.234 e. The van der Waals surface area contributed by atoms with Crippen LogP contribution in [0.1, 0.15) is 11.1 Å². The zero-order valence-electron chi connectivity index (χ0n) is 14.5. The molecule has 0 spiro atoms. The molecule has 1 heterocycles. The molecule has 27 heavy (non-hydrogen) atoms. The molecule has 0 unspecified atom stereocenters. The largest absolute Gasteiger partial charge is 0.330 e. The maximum atomic E-state index is 12.2. The third-order valence-corrected chi connectivity index (χ3v) is 6.91. The number of aromatic nitrogens is 2. The van der Waals surface area contributed by atoms with E-state index < -0.39 is 0 Å². The van der Waals surface area contributed by atoms with Gasteiger partial charge >= 0.3 is 0 Å². The van der Waals surface area contributed by atoms with Crippen molar-refractivity contribution in [2.75, 3.05) is 16.4 Å². The van der Waals surface area contributed by atoms with Gasteiger partial charge in [-0.05, 0) is 65.2 Å². The molecule has 5 nitrogen and oxygen atoms in total. The quantitative estimate of drug-likeness (QED) is 0.376. The monoisotopic (exact) mass is 526 g/mol. The number of aryl methyl sites for hydroxylation is 1. The van der Waals surface area contributed by atoms with E-state index in [1.807, 2.05) is 30.3 Å². The zero-order valence-corrected chi connectivity index (χ0v) is 19.4. The summed E-state index contributed by atoms with van der Waals surface area (Å²) in [7, 11) is 0. The van der Waals surface area contributed by atoms with Gasteiger partial charge in [-0.2, -0.15) is 0 Å². The molecule has 1 amide bonds. The predicted octanol–water partition coefficient (Wildman–Crippen LogP) is 6.15. The lowest BCUT2D eigenvalue weighted by atomic mass is 10.1. The van der Waals surface area contributed by atoms with Crippen molar-refractivity contribution in [2.24, 2.45) is 0 Å². The molecule has 0 atom stereocenters. The number of thioether (sulfide) groups is 1. The van der Waals surface area contributed by atoms with Crippen molar-refractivity contribution < 1.29 is 4.79 Å². The number of rotatable bonds is 6. The minimum atomic E-state index is -0.0951. The van der Waals surface area contributed by atoms with E-state index in [9.17, 15) is 4.79 Å². The molecule has 2 aromatic carbocycles. The van der Waals surface area contributed by atoms with Gasteiger partial charge in [-0.25, -0.2) is 0 Å². The molecule has 0 aliphatic rings. The van der Waals surface area contributed by atoms with E-state index in [0.29, 0.717) is 5.13 Å². The van der Waals surface area contributed by atoms with Crippen LogP contribution >= 0.6 is 55.0 Å². The van der Waals surface area contributed by atoms with Crippen molar-refractivity contribution in [1.29, 1.82) is 0 Å². The van der Waals surface area contributed by atoms with Gasteiger partial charge in [0.25, 0.3) is 0 Å². The Bertz CT molecular complexity index is 978. The second-order valence-electron chi connectivity index (χ2n) is 5.71. The Hall–Kier alpha value is -1.42. The molecule has 140 valence electrons. The summed E-state index contributed by atoms with van der Waals surface area (Å²) >= 11 is 9.62. The second kappa shape index (κ2) is 9.18. The minimum Gasteiger partial charge on any atom is -0.330 e. The summed E-state index contributed by atoms with van der Waals surface area (Å²) in [6.45, 7) is 4.14. The maximum Gasteiger partial charge on any atom is 0.234 e. The molecule has 1 aromatic heterocycles. The first-order valence-corrected chi connectivity index (χ1v) is 11.4. The Labute approximate surface area is 182 Å². The lowest BCUT2D eigenvalue weighted by Gasteiger charge is -2.08. The number of carbonyl (C=O) groups is 1. The Balaban J connectivity index is 1.56. The summed E-state index contributed by atoms with van der Waals surface area (Å²) < 4.78 is 2.51. The standard InChI is InChI=1S/C18H16Br2N4OS2/c1-10-4-3-5-14(11(10)2)22-17-23-24-18(27-17)26-9-16(25)21-15-7-6-12(19)8-13(15)20/h3-8H,9H2,1-2H3,(H,21,25)(H,22,23). The van der Waals surface area contributed by atoms with Crippen LogP contribution in [0.15, 0.2) is 49.7 Å². The van der Waals surface area contributed by atoms with Gasteiger partial charge < -0.3 is 10.6 Å². The van der Waals surface area contributed by atoms with Gasteiger partial charge in [-0.3, -0.25) is 4.79 Å². The molecule has 0 saturated heterocycles. The Kier molecular flexibility index (Phi) is 6.91. The molecule has 2 N–H and O–H groups in total. The minimum absolute atomic E-state index is 0.0951. The Morgan fingerprint density at radius 2 is 1.96 bits per heavy atom. The summed E-state index contributed by atoms with van der Waals surface area (Å²) in [5.41, 5.74) is 4.15. The van der Waals surface area contributed by atoms with E-state index in [1.54, 1.807) is 0 Å². The first-order valence-electron chi connectivity index (χ1n) is 7.97. The highest BCUT2D eigenvalue weighted by atomic mass is 79.9. The number of anilines is 3. The molecule has 0 fully saturated rings. The van der Waals surface area contributed by atoms with Crippen molar-refractivity contribution in [3.8, 4) is 0 Å². The molecule has 3 aromatic rings. The van der Waals surface area contributed by atoms with Gasteiger partial charge in [0.05, 0.1) is 11.4 Å². The van der Waals surface area contributed by atoms with Crippen LogP contribution in [-0.4, -0.2) is 21.9 Å². The normalized spacial score (nSPS) is 10.7. The average Bonchev–Trinajstić information content (AvgIpc) is 3.07. The fourth-order valence-electron chi connectivity index (χ4n) is 2.22. The average molecular weight is 528 g/mol. The lowest BCUT2D eigenvalue weighted by Crippen LogP contribution is -2.14. The van der Waals surface area contributed by atoms with Gasteiger partial charge in [0, 0.05) is 14.6 Å². The SMILES string of the molecule is Cc1cccc(Nc2nnc(SCC(=O)Nc3ccc(Br)cc3Br)s2)c1C. The van der Waals surface area contributed by atoms with Gasteiger partial charge in [-0.1, -0.05) is 51.2 Å². The van der Waals surface area contributed by atoms with E-state index in [-0.39, 0.29) is 11.7 Å².